The van der Waals surface area contributed by atoms with Gasteiger partial charge in [0.2, 0.25) is 0 Å². The molecule has 2 aliphatic rings. The fourth-order valence-corrected chi connectivity index (χ4v) is 3.60. The molecule has 130 valence electrons. The van der Waals surface area contributed by atoms with Crippen LogP contribution in [0.15, 0.2) is 18.5 Å². The van der Waals surface area contributed by atoms with Crippen LogP contribution in [0.1, 0.15) is 37.8 Å². The number of ether oxygens (including phenoxy) is 1. The Balaban J connectivity index is 1.46. The lowest BCUT2D eigenvalue weighted by atomic mass is 10.1. The quantitative estimate of drug-likeness (QED) is 0.638. The third-order valence-electron chi connectivity index (χ3n) is 4.88. The van der Waals surface area contributed by atoms with Gasteiger partial charge >= 0.3 is 5.97 Å². The molecule has 24 heavy (non-hydrogen) atoms. The standard InChI is InChI=1S/C18H26N4O2/c1-24-18(23)7-6-15-10-20-17(11-19-15)21-16-8-9-22(13-16)12-14-4-2-3-5-14/h6-7,10-11,14,16H,2-5,8-9,12-13H2,1H3,(H,20,21)/b7-6+/t16-/m1/s1. The smallest absolute Gasteiger partial charge is 0.330 e. The zero-order valence-electron chi connectivity index (χ0n) is 14.3. The van der Waals surface area contributed by atoms with E-state index in [-0.39, 0.29) is 0 Å². The number of hydrogen-bond acceptors (Lipinski definition) is 6. The number of aromatic nitrogens is 2. The van der Waals surface area contributed by atoms with Gasteiger partial charge in [0, 0.05) is 31.8 Å². The van der Waals surface area contributed by atoms with Crippen molar-refractivity contribution in [3.8, 4) is 0 Å². The van der Waals surface area contributed by atoms with E-state index in [0.29, 0.717) is 11.7 Å². The Morgan fingerprint density at radius 3 is 2.88 bits per heavy atom. The largest absolute Gasteiger partial charge is 0.466 e. The van der Waals surface area contributed by atoms with Crippen LogP contribution < -0.4 is 5.32 Å². The molecule has 0 unspecified atom stereocenters. The number of anilines is 1. The molecule has 1 N–H and O–H groups in total. The van der Waals surface area contributed by atoms with Crippen molar-refractivity contribution in [1.29, 1.82) is 0 Å². The van der Waals surface area contributed by atoms with Crippen LogP contribution in [0.25, 0.3) is 6.08 Å². The number of carbonyl (C=O) groups is 1. The van der Waals surface area contributed by atoms with E-state index in [1.54, 1.807) is 18.5 Å². The van der Waals surface area contributed by atoms with Crippen molar-refractivity contribution in [3.63, 3.8) is 0 Å². The van der Waals surface area contributed by atoms with Crippen molar-refractivity contribution < 1.29 is 9.53 Å². The summed E-state index contributed by atoms with van der Waals surface area (Å²) in [6.07, 6.45) is 13.1. The van der Waals surface area contributed by atoms with Crippen molar-refractivity contribution in [2.45, 2.75) is 38.1 Å². The average Bonchev–Trinajstić information content (AvgIpc) is 3.26. The van der Waals surface area contributed by atoms with E-state index < -0.39 is 5.97 Å². The van der Waals surface area contributed by atoms with Gasteiger partial charge in [0.1, 0.15) is 5.82 Å². The van der Waals surface area contributed by atoms with Crippen LogP contribution in [-0.2, 0) is 9.53 Å². The number of carbonyl (C=O) groups excluding carboxylic acids is 1. The summed E-state index contributed by atoms with van der Waals surface area (Å²) < 4.78 is 4.55. The molecule has 1 atom stereocenters. The first-order valence-corrected chi connectivity index (χ1v) is 8.80. The van der Waals surface area contributed by atoms with Gasteiger partial charge in [-0.2, -0.15) is 0 Å². The molecule has 1 saturated carbocycles. The highest BCUT2D eigenvalue weighted by Gasteiger charge is 2.26. The molecule has 2 heterocycles. The Morgan fingerprint density at radius 2 is 2.17 bits per heavy atom. The monoisotopic (exact) mass is 330 g/mol. The second kappa shape index (κ2) is 8.24. The van der Waals surface area contributed by atoms with Crippen LogP contribution >= 0.6 is 0 Å². The van der Waals surface area contributed by atoms with E-state index in [1.165, 1.54) is 52.0 Å². The highest BCUT2D eigenvalue weighted by Crippen LogP contribution is 2.27. The number of nitrogens with one attached hydrogen (secondary N) is 1. The SMILES string of the molecule is COC(=O)/C=C/c1cnc(N[C@@H]2CCN(CC3CCCC3)C2)cn1. The average molecular weight is 330 g/mol. The number of methoxy groups -OCH3 is 1. The van der Waals surface area contributed by atoms with E-state index in [9.17, 15) is 4.79 Å². The summed E-state index contributed by atoms with van der Waals surface area (Å²) >= 11 is 0. The minimum Gasteiger partial charge on any atom is -0.466 e. The normalized spacial score (nSPS) is 22.3. The van der Waals surface area contributed by atoms with Crippen molar-refractivity contribution in [1.82, 2.24) is 14.9 Å². The van der Waals surface area contributed by atoms with E-state index in [4.69, 9.17) is 0 Å². The van der Waals surface area contributed by atoms with Crippen LogP contribution in [0.4, 0.5) is 5.82 Å². The van der Waals surface area contributed by atoms with Crippen molar-refractivity contribution in [2.75, 3.05) is 32.1 Å². The van der Waals surface area contributed by atoms with E-state index >= 15 is 0 Å². The van der Waals surface area contributed by atoms with Crippen LogP contribution in [0.2, 0.25) is 0 Å². The Labute approximate surface area is 143 Å². The van der Waals surface area contributed by atoms with Crippen molar-refractivity contribution >= 4 is 17.9 Å². The lowest BCUT2D eigenvalue weighted by Crippen LogP contribution is -2.30. The highest BCUT2D eigenvalue weighted by atomic mass is 16.5. The molecule has 0 aromatic carbocycles. The van der Waals surface area contributed by atoms with Crippen molar-refractivity contribution in [3.05, 3.63) is 24.2 Å². The Bertz CT molecular complexity index is 567. The van der Waals surface area contributed by atoms with Crippen LogP contribution in [0.3, 0.4) is 0 Å². The first-order valence-electron chi connectivity index (χ1n) is 8.80. The molecule has 1 aromatic rings. The summed E-state index contributed by atoms with van der Waals surface area (Å²) in [6, 6.07) is 0.442. The predicted molar refractivity (Wildman–Crippen MR) is 93.5 cm³/mol. The molecular weight excluding hydrogens is 304 g/mol. The summed E-state index contributed by atoms with van der Waals surface area (Å²) in [5.41, 5.74) is 0.639. The molecule has 3 rings (SSSR count). The molecule has 0 radical (unpaired) electrons. The number of nitrogens with zero attached hydrogens (tertiary/aromatic N) is 3. The van der Waals surface area contributed by atoms with Gasteiger partial charge in [-0.1, -0.05) is 12.8 Å². The van der Waals surface area contributed by atoms with E-state index in [2.05, 4.69) is 24.9 Å². The third kappa shape index (κ3) is 4.77. The van der Waals surface area contributed by atoms with Gasteiger partial charge in [-0.05, 0) is 31.3 Å². The summed E-state index contributed by atoms with van der Waals surface area (Å²) in [6.45, 7) is 3.50. The van der Waals surface area contributed by atoms with Gasteiger partial charge in [0.05, 0.1) is 25.2 Å². The first-order chi connectivity index (χ1) is 11.7. The Hall–Kier alpha value is -1.95. The highest BCUT2D eigenvalue weighted by molar-refractivity contribution is 5.86. The van der Waals surface area contributed by atoms with E-state index in [0.717, 1.165) is 24.7 Å². The van der Waals surface area contributed by atoms with Crippen LogP contribution in [0.5, 0.6) is 0 Å². The third-order valence-corrected chi connectivity index (χ3v) is 4.88. The van der Waals surface area contributed by atoms with Crippen LogP contribution in [0, 0.1) is 5.92 Å². The second-order valence-corrected chi connectivity index (χ2v) is 6.72. The molecule has 1 aliphatic heterocycles. The van der Waals surface area contributed by atoms with Crippen molar-refractivity contribution in [2.24, 2.45) is 5.92 Å². The molecule has 0 bridgehead atoms. The minimum atomic E-state index is -0.396. The number of likely N-dealkylation sites (tertiary alicyclic amines) is 1. The molecular formula is C18H26N4O2. The molecule has 1 aliphatic carbocycles. The fourth-order valence-electron chi connectivity index (χ4n) is 3.60. The maximum absolute atomic E-state index is 11.1. The Kier molecular flexibility index (Phi) is 5.80. The topological polar surface area (TPSA) is 67.3 Å². The zero-order valence-corrected chi connectivity index (χ0v) is 14.3. The maximum atomic E-state index is 11.1. The van der Waals surface area contributed by atoms with Gasteiger partial charge in [-0.3, -0.25) is 4.98 Å². The summed E-state index contributed by atoms with van der Waals surface area (Å²) in [4.78, 5) is 22.3. The summed E-state index contributed by atoms with van der Waals surface area (Å²) in [5, 5.41) is 3.47. The van der Waals surface area contributed by atoms with Gasteiger partial charge in [0.15, 0.2) is 0 Å². The van der Waals surface area contributed by atoms with Gasteiger partial charge in [-0.25, -0.2) is 9.78 Å². The Morgan fingerprint density at radius 1 is 1.33 bits per heavy atom. The summed E-state index contributed by atoms with van der Waals surface area (Å²) in [7, 11) is 1.35. The van der Waals surface area contributed by atoms with Gasteiger partial charge < -0.3 is 15.0 Å². The first kappa shape index (κ1) is 16.9. The molecule has 1 aromatic heterocycles. The molecule has 0 spiro atoms. The van der Waals surface area contributed by atoms with Gasteiger partial charge in [0.25, 0.3) is 0 Å². The predicted octanol–water partition coefficient (Wildman–Crippen LogP) is 2.34. The number of rotatable bonds is 6. The van der Waals surface area contributed by atoms with E-state index in [1.807, 2.05) is 0 Å². The number of hydrogen-bond donors (Lipinski definition) is 1. The maximum Gasteiger partial charge on any atom is 0.330 e. The lowest BCUT2D eigenvalue weighted by Gasteiger charge is -2.20. The summed E-state index contributed by atoms with van der Waals surface area (Å²) in [5.74, 6) is 1.30. The fraction of sp³-hybridized carbons (Fsp3) is 0.611. The minimum absolute atomic E-state index is 0.396. The molecule has 1 saturated heterocycles. The second-order valence-electron chi connectivity index (χ2n) is 6.72. The molecule has 6 nitrogen and oxygen atoms in total. The lowest BCUT2D eigenvalue weighted by molar-refractivity contribution is -0.134. The van der Waals surface area contributed by atoms with Crippen LogP contribution in [-0.4, -0.2) is 53.6 Å². The number of esters is 1. The molecule has 2 fully saturated rings. The zero-order chi connectivity index (χ0) is 16.8. The molecule has 0 amide bonds. The molecule has 6 heteroatoms. The van der Waals surface area contributed by atoms with Gasteiger partial charge in [-0.15, -0.1) is 0 Å².